The van der Waals surface area contributed by atoms with Crippen molar-refractivity contribution in [2.24, 2.45) is 0 Å². The van der Waals surface area contributed by atoms with Gasteiger partial charge in [0.05, 0.1) is 6.61 Å². The largest absolute Gasteiger partial charge is 0.493 e. The summed E-state index contributed by atoms with van der Waals surface area (Å²) in [6.07, 6.45) is 0. The van der Waals surface area contributed by atoms with Gasteiger partial charge < -0.3 is 4.74 Å². The van der Waals surface area contributed by atoms with Crippen molar-refractivity contribution in [3.8, 4) is 5.75 Å². The molecule has 0 bridgehead atoms. The summed E-state index contributed by atoms with van der Waals surface area (Å²) in [6, 6.07) is 15.9. The molecule has 0 aliphatic heterocycles. The van der Waals surface area contributed by atoms with Gasteiger partial charge in [-0.3, -0.25) is 0 Å². The highest BCUT2D eigenvalue weighted by Gasteiger charge is 2.01. The van der Waals surface area contributed by atoms with Crippen LogP contribution >= 0.6 is 0 Å². The van der Waals surface area contributed by atoms with Gasteiger partial charge in [-0.2, -0.15) is 0 Å². The molecular formula is C14H18OSi. The molecule has 0 saturated heterocycles. The predicted octanol–water partition coefficient (Wildman–Crippen LogP) is 3.71. The van der Waals surface area contributed by atoms with Crippen LogP contribution in [0.3, 0.4) is 0 Å². The van der Waals surface area contributed by atoms with Crippen LogP contribution < -0.4 is 4.74 Å². The standard InChI is InChI=1S/C14H18OSi/c1-16(2)11-10-15-14-9-5-7-12-6-3-4-8-13(12)14/h3-9,16H,10-11H2,1-2H3. The van der Waals surface area contributed by atoms with Gasteiger partial charge in [0.25, 0.3) is 0 Å². The van der Waals surface area contributed by atoms with Gasteiger partial charge in [-0.15, -0.1) is 0 Å². The number of ether oxygens (including phenoxy) is 1. The van der Waals surface area contributed by atoms with E-state index in [9.17, 15) is 0 Å². The molecule has 2 aromatic carbocycles. The van der Waals surface area contributed by atoms with Crippen molar-refractivity contribution in [1.29, 1.82) is 0 Å². The van der Waals surface area contributed by atoms with Gasteiger partial charge in [0, 0.05) is 14.2 Å². The molecule has 2 rings (SSSR count). The van der Waals surface area contributed by atoms with E-state index in [1.807, 2.05) is 0 Å². The minimum absolute atomic E-state index is 0.499. The van der Waals surface area contributed by atoms with E-state index in [1.54, 1.807) is 0 Å². The molecule has 84 valence electrons. The molecule has 1 nitrogen and oxygen atoms in total. The summed E-state index contributed by atoms with van der Waals surface area (Å²) in [5.41, 5.74) is 0. The summed E-state index contributed by atoms with van der Waals surface area (Å²) in [5.74, 6) is 1.02. The number of fused-ring (bicyclic) bond motifs is 1. The van der Waals surface area contributed by atoms with Crippen molar-refractivity contribution in [2.75, 3.05) is 6.61 Å². The summed E-state index contributed by atoms with van der Waals surface area (Å²) in [5, 5.41) is 2.47. The molecule has 0 aliphatic carbocycles. The van der Waals surface area contributed by atoms with E-state index < -0.39 is 8.80 Å². The van der Waals surface area contributed by atoms with Crippen LogP contribution in [0.4, 0.5) is 0 Å². The molecule has 0 fully saturated rings. The maximum Gasteiger partial charge on any atom is 0.127 e. The first-order chi connectivity index (χ1) is 7.77. The van der Waals surface area contributed by atoms with Crippen molar-refractivity contribution in [1.82, 2.24) is 0 Å². The zero-order valence-corrected chi connectivity index (χ0v) is 11.1. The zero-order valence-electron chi connectivity index (χ0n) is 9.94. The Morgan fingerprint density at radius 3 is 2.56 bits per heavy atom. The van der Waals surface area contributed by atoms with Crippen molar-refractivity contribution < 1.29 is 4.74 Å². The van der Waals surface area contributed by atoms with E-state index >= 15 is 0 Å². The number of rotatable bonds is 4. The molecule has 0 aliphatic rings. The second-order valence-corrected chi connectivity index (χ2v) is 7.87. The van der Waals surface area contributed by atoms with Crippen LogP contribution in [0.2, 0.25) is 19.1 Å². The number of hydrogen-bond donors (Lipinski definition) is 0. The third-order valence-electron chi connectivity index (χ3n) is 2.70. The van der Waals surface area contributed by atoms with Crippen molar-refractivity contribution >= 4 is 19.6 Å². The first-order valence-electron chi connectivity index (χ1n) is 5.88. The average molecular weight is 230 g/mol. The maximum atomic E-state index is 5.86. The van der Waals surface area contributed by atoms with Gasteiger partial charge in [-0.05, 0) is 17.5 Å². The maximum absolute atomic E-state index is 5.86. The van der Waals surface area contributed by atoms with Gasteiger partial charge >= 0.3 is 0 Å². The lowest BCUT2D eigenvalue weighted by Crippen LogP contribution is -2.07. The van der Waals surface area contributed by atoms with Gasteiger partial charge in [0.1, 0.15) is 5.75 Å². The molecule has 2 aromatic rings. The summed E-state index contributed by atoms with van der Waals surface area (Å²) in [6.45, 7) is 5.57. The highest BCUT2D eigenvalue weighted by Crippen LogP contribution is 2.25. The molecule has 2 heteroatoms. The van der Waals surface area contributed by atoms with Crippen LogP contribution in [0, 0.1) is 0 Å². The topological polar surface area (TPSA) is 9.23 Å². The Morgan fingerprint density at radius 1 is 1.00 bits per heavy atom. The first kappa shape index (κ1) is 11.2. The molecule has 0 amide bonds. The normalized spacial score (nSPS) is 10.9. The minimum atomic E-state index is -0.499. The van der Waals surface area contributed by atoms with Crippen LogP contribution in [0.1, 0.15) is 0 Å². The van der Waals surface area contributed by atoms with Gasteiger partial charge in [-0.1, -0.05) is 49.5 Å². The monoisotopic (exact) mass is 230 g/mol. The molecule has 0 N–H and O–H groups in total. The fourth-order valence-electron chi connectivity index (χ4n) is 1.73. The van der Waals surface area contributed by atoms with Crippen molar-refractivity contribution in [3.05, 3.63) is 42.5 Å². The lowest BCUT2D eigenvalue weighted by atomic mass is 10.1. The van der Waals surface area contributed by atoms with E-state index in [-0.39, 0.29) is 0 Å². The molecule has 0 spiro atoms. The van der Waals surface area contributed by atoms with Crippen LogP contribution in [-0.2, 0) is 0 Å². The van der Waals surface area contributed by atoms with Crippen LogP contribution in [0.5, 0.6) is 5.75 Å². The Labute approximate surface area is 98.7 Å². The van der Waals surface area contributed by atoms with E-state index in [2.05, 4.69) is 55.6 Å². The van der Waals surface area contributed by atoms with E-state index in [0.29, 0.717) is 0 Å². The highest BCUT2D eigenvalue weighted by molar-refractivity contribution is 6.55. The van der Waals surface area contributed by atoms with Gasteiger partial charge in [0.2, 0.25) is 0 Å². The second kappa shape index (κ2) is 5.17. The molecule has 0 atom stereocenters. The summed E-state index contributed by atoms with van der Waals surface area (Å²) in [7, 11) is -0.499. The average Bonchev–Trinajstić information content (AvgIpc) is 2.29. The lowest BCUT2D eigenvalue weighted by Gasteiger charge is -2.10. The SMILES string of the molecule is C[SiH](C)CCOc1cccc2ccccc12. The molecule has 0 aromatic heterocycles. The van der Waals surface area contributed by atoms with Crippen LogP contribution in [0.15, 0.2) is 42.5 Å². The second-order valence-electron chi connectivity index (χ2n) is 4.51. The fourth-order valence-corrected chi connectivity index (χ4v) is 2.32. The highest BCUT2D eigenvalue weighted by atomic mass is 28.3. The lowest BCUT2D eigenvalue weighted by molar-refractivity contribution is 0.343. The summed E-state index contributed by atoms with van der Waals surface area (Å²) >= 11 is 0. The third kappa shape index (κ3) is 2.64. The van der Waals surface area contributed by atoms with Crippen molar-refractivity contribution in [3.63, 3.8) is 0 Å². The molecule has 0 unspecified atom stereocenters. The quantitative estimate of drug-likeness (QED) is 0.728. The fraction of sp³-hybridized carbons (Fsp3) is 0.286. The molecule has 0 saturated carbocycles. The Balaban J connectivity index is 2.17. The van der Waals surface area contributed by atoms with E-state index in [1.165, 1.54) is 16.8 Å². The minimum Gasteiger partial charge on any atom is -0.493 e. The Bertz CT molecular complexity index is 460. The summed E-state index contributed by atoms with van der Waals surface area (Å²) < 4.78 is 5.86. The Hall–Kier alpha value is -1.28. The Morgan fingerprint density at radius 2 is 1.75 bits per heavy atom. The molecule has 0 radical (unpaired) electrons. The number of hydrogen-bond acceptors (Lipinski definition) is 1. The van der Waals surface area contributed by atoms with Gasteiger partial charge in [-0.25, -0.2) is 0 Å². The predicted molar refractivity (Wildman–Crippen MR) is 73.1 cm³/mol. The van der Waals surface area contributed by atoms with Crippen LogP contribution in [-0.4, -0.2) is 15.4 Å². The summed E-state index contributed by atoms with van der Waals surface area (Å²) in [4.78, 5) is 0. The van der Waals surface area contributed by atoms with Crippen molar-refractivity contribution in [2.45, 2.75) is 19.1 Å². The molecule has 0 heterocycles. The van der Waals surface area contributed by atoms with E-state index in [0.717, 1.165) is 12.4 Å². The molecule has 16 heavy (non-hydrogen) atoms. The Kier molecular flexibility index (Phi) is 3.62. The van der Waals surface area contributed by atoms with E-state index in [4.69, 9.17) is 4.74 Å². The number of benzene rings is 2. The third-order valence-corrected chi connectivity index (χ3v) is 4.09. The van der Waals surface area contributed by atoms with Gasteiger partial charge in [0.15, 0.2) is 0 Å². The first-order valence-corrected chi connectivity index (χ1v) is 9.00. The van der Waals surface area contributed by atoms with Crippen LogP contribution in [0.25, 0.3) is 10.8 Å². The zero-order chi connectivity index (χ0) is 11.4. The smallest absolute Gasteiger partial charge is 0.127 e. The molecular weight excluding hydrogens is 212 g/mol.